The fraction of sp³-hybridized carbons (Fsp3) is 0.455. The van der Waals surface area contributed by atoms with Crippen LogP contribution in [0.4, 0.5) is 0 Å². The second-order valence-electron chi connectivity index (χ2n) is 3.85. The molecule has 0 atom stereocenters. The van der Waals surface area contributed by atoms with Crippen molar-refractivity contribution < 1.29 is 0 Å². The van der Waals surface area contributed by atoms with E-state index in [9.17, 15) is 0 Å². The van der Waals surface area contributed by atoms with E-state index in [2.05, 4.69) is 13.8 Å². The van der Waals surface area contributed by atoms with Crippen molar-refractivity contribution in [2.24, 2.45) is 0 Å². The first-order chi connectivity index (χ1) is 7.16. The lowest BCUT2D eigenvalue weighted by Gasteiger charge is -2.27. The van der Waals surface area contributed by atoms with Crippen LogP contribution in [0.3, 0.4) is 0 Å². The summed E-state index contributed by atoms with van der Waals surface area (Å²) in [6.07, 6.45) is 0. The average molecular weight is 320 g/mol. The van der Waals surface area contributed by atoms with E-state index in [1.807, 2.05) is 12.1 Å². The van der Waals surface area contributed by atoms with E-state index in [0.29, 0.717) is 11.5 Å². The number of hydrogen-bond donors (Lipinski definition) is 0. The molecule has 0 saturated carbocycles. The van der Waals surface area contributed by atoms with Crippen molar-refractivity contribution in [3.05, 3.63) is 35.4 Å². The normalized spacial score (nSPS) is 13.2. The number of halogens is 5. The number of rotatable bonds is 2. The van der Waals surface area contributed by atoms with Gasteiger partial charge in [-0.2, -0.15) is 0 Å². The molecule has 0 aromatic heterocycles. The second kappa shape index (κ2) is 5.12. The van der Waals surface area contributed by atoms with Gasteiger partial charge in [-0.15, -0.1) is 0 Å². The fourth-order valence-corrected chi connectivity index (χ4v) is 1.82. The molecule has 0 radical (unpaired) electrons. The Hall–Kier alpha value is 0.670. The van der Waals surface area contributed by atoms with Crippen molar-refractivity contribution >= 4 is 58.0 Å². The molecule has 0 saturated heterocycles. The van der Waals surface area contributed by atoms with Gasteiger partial charge >= 0.3 is 0 Å². The highest BCUT2D eigenvalue weighted by Gasteiger charge is 2.47. The summed E-state index contributed by atoms with van der Waals surface area (Å²) < 4.78 is -3.32. The van der Waals surface area contributed by atoms with Gasteiger partial charge in [-0.3, -0.25) is 0 Å². The van der Waals surface area contributed by atoms with E-state index in [1.165, 1.54) is 5.56 Å². The molecule has 0 N–H and O–H groups in total. The summed E-state index contributed by atoms with van der Waals surface area (Å²) in [6, 6.07) is 7.40. The minimum absolute atomic E-state index is 0.432. The Labute approximate surface area is 121 Å². The first-order valence-corrected chi connectivity index (χ1v) is 6.60. The van der Waals surface area contributed by atoms with Gasteiger partial charge in [0.05, 0.1) is 0 Å². The molecule has 0 aliphatic rings. The Morgan fingerprint density at radius 1 is 0.875 bits per heavy atom. The van der Waals surface area contributed by atoms with E-state index in [-0.39, 0.29) is 0 Å². The Morgan fingerprint density at radius 3 is 1.62 bits per heavy atom. The summed E-state index contributed by atoms with van der Waals surface area (Å²) in [6.45, 7) is 4.19. The largest absolute Gasteiger partial charge is 0.227 e. The van der Waals surface area contributed by atoms with Crippen molar-refractivity contribution in [1.82, 2.24) is 0 Å². The standard InChI is InChI=1S/C11H11Cl5/c1-7(2)8-3-5-9(6-4-8)10(12,13)11(14,15)16/h3-7H,1-2H3. The van der Waals surface area contributed by atoms with Gasteiger partial charge in [0, 0.05) is 0 Å². The van der Waals surface area contributed by atoms with Crippen molar-refractivity contribution in [1.29, 1.82) is 0 Å². The maximum atomic E-state index is 6.04. The Kier molecular flexibility index (Phi) is 4.71. The minimum Gasteiger partial charge on any atom is -0.0915 e. The van der Waals surface area contributed by atoms with Crippen LogP contribution in [-0.4, -0.2) is 3.79 Å². The van der Waals surface area contributed by atoms with Crippen LogP contribution in [0.5, 0.6) is 0 Å². The Balaban J connectivity index is 3.07. The molecule has 0 aliphatic heterocycles. The van der Waals surface area contributed by atoms with Gasteiger partial charge in [0.15, 0.2) is 4.33 Å². The third kappa shape index (κ3) is 3.11. The molecule has 5 heteroatoms. The van der Waals surface area contributed by atoms with Crippen LogP contribution in [-0.2, 0) is 4.33 Å². The third-order valence-corrected chi connectivity index (χ3v) is 4.73. The topological polar surface area (TPSA) is 0 Å². The van der Waals surface area contributed by atoms with Crippen LogP contribution in [0, 0.1) is 0 Å². The van der Waals surface area contributed by atoms with Gasteiger partial charge in [-0.1, -0.05) is 96.1 Å². The smallest absolute Gasteiger partial charge is 0.0915 e. The lowest BCUT2D eigenvalue weighted by molar-refractivity contribution is 0.850. The number of benzene rings is 1. The molecular formula is C11H11Cl5. The van der Waals surface area contributed by atoms with E-state index >= 15 is 0 Å². The van der Waals surface area contributed by atoms with Crippen LogP contribution >= 0.6 is 58.0 Å². The molecule has 0 heterocycles. The first kappa shape index (κ1) is 14.7. The maximum Gasteiger partial charge on any atom is 0.227 e. The van der Waals surface area contributed by atoms with Crippen molar-refractivity contribution in [3.63, 3.8) is 0 Å². The molecule has 0 bridgehead atoms. The zero-order valence-electron chi connectivity index (χ0n) is 8.78. The Bertz CT molecular complexity index is 348. The molecule has 90 valence electrons. The van der Waals surface area contributed by atoms with E-state index < -0.39 is 8.13 Å². The van der Waals surface area contributed by atoms with Gasteiger partial charge in [0.2, 0.25) is 3.79 Å². The first-order valence-electron chi connectivity index (χ1n) is 4.71. The summed E-state index contributed by atoms with van der Waals surface area (Å²) in [7, 11) is 0. The lowest BCUT2D eigenvalue weighted by atomic mass is 10.0. The van der Waals surface area contributed by atoms with Crippen LogP contribution in [0.2, 0.25) is 0 Å². The molecule has 1 aromatic carbocycles. The van der Waals surface area contributed by atoms with Crippen molar-refractivity contribution in [2.45, 2.75) is 27.9 Å². The van der Waals surface area contributed by atoms with Gasteiger partial charge in [0.1, 0.15) is 0 Å². The second-order valence-corrected chi connectivity index (χ2v) is 7.46. The quantitative estimate of drug-likeness (QED) is 0.603. The van der Waals surface area contributed by atoms with Crippen LogP contribution < -0.4 is 0 Å². The SMILES string of the molecule is CC(C)c1ccc(C(Cl)(Cl)C(Cl)(Cl)Cl)cc1. The van der Waals surface area contributed by atoms with Crippen molar-refractivity contribution in [3.8, 4) is 0 Å². The fourth-order valence-electron chi connectivity index (χ4n) is 1.24. The van der Waals surface area contributed by atoms with E-state index in [1.54, 1.807) is 12.1 Å². The lowest BCUT2D eigenvalue weighted by Crippen LogP contribution is -2.28. The number of alkyl halides is 5. The summed E-state index contributed by atoms with van der Waals surface area (Å²) >= 11 is 29.3. The van der Waals surface area contributed by atoms with Gasteiger partial charge in [0.25, 0.3) is 0 Å². The molecule has 16 heavy (non-hydrogen) atoms. The van der Waals surface area contributed by atoms with Crippen LogP contribution in [0.1, 0.15) is 30.9 Å². The average Bonchev–Trinajstić information content (AvgIpc) is 2.16. The monoisotopic (exact) mass is 318 g/mol. The van der Waals surface area contributed by atoms with Gasteiger partial charge in [-0.05, 0) is 17.0 Å². The molecule has 0 nitrogen and oxygen atoms in total. The van der Waals surface area contributed by atoms with E-state index in [0.717, 1.165) is 0 Å². The summed E-state index contributed by atoms with van der Waals surface area (Å²) in [5.41, 5.74) is 1.75. The Morgan fingerprint density at radius 2 is 1.31 bits per heavy atom. The zero-order chi connectivity index (χ0) is 12.6. The molecule has 0 fully saturated rings. The highest BCUT2D eigenvalue weighted by molar-refractivity contribution is 6.75. The summed E-state index contributed by atoms with van der Waals surface area (Å²) in [5, 5.41) is 0. The molecule has 0 amide bonds. The molecular weight excluding hydrogens is 309 g/mol. The maximum absolute atomic E-state index is 6.04. The molecule has 0 spiro atoms. The predicted molar refractivity (Wildman–Crippen MR) is 74.2 cm³/mol. The van der Waals surface area contributed by atoms with Crippen LogP contribution in [0.15, 0.2) is 24.3 Å². The van der Waals surface area contributed by atoms with Crippen molar-refractivity contribution in [2.75, 3.05) is 0 Å². The molecule has 1 aromatic rings. The third-order valence-electron chi connectivity index (χ3n) is 2.30. The summed E-state index contributed by atoms with van der Waals surface area (Å²) in [5.74, 6) is 0.432. The summed E-state index contributed by atoms with van der Waals surface area (Å²) in [4.78, 5) is 0. The van der Waals surface area contributed by atoms with E-state index in [4.69, 9.17) is 58.0 Å². The molecule has 0 aliphatic carbocycles. The van der Waals surface area contributed by atoms with Crippen LogP contribution in [0.25, 0.3) is 0 Å². The molecule has 1 rings (SSSR count). The zero-order valence-corrected chi connectivity index (χ0v) is 12.6. The van der Waals surface area contributed by atoms with Gasteiger partial charge in [-0.25, -0.2) is 0 Å². The highest BCUT2D eigenvalue weighted by atomic mass is 35.6. The number of hydrogen-bond acceptors (Lipinski definition) is 0. The van der Waals surface area contributed by atoms with Gasteiger partial charge < -0.3 is 0 Å². The highest BCUT2D eigenvalue weighted by Crippen LogP contribution is 2.52. The minimum atomic E-state index is -1.77. The molecule has 0 unspecified atom stereocenters. The predicted octanol–water partition coefficient (Wildman–Crippen LogP) is 5.81.